The van der Waals surface area contributed by atoms with E-state index in [1.165, 1.54) is 25.7 Å². The molecule has 0 atom stereocenters. The average molecular weight is 363 g/mol. The number of nitrogens with one attached hydrogen (secondary N) is 2. The quantitative estimate of drug-likeness (QED) is 0.692. The molecule has 6 heteroatoms. The summed E-state index contributed by atoms with van der Waals surface area (Å²) in [6.07, 6.45) is 5.12. The van der Waals surface area contributed by atoms with Crippen molar-refractivity contribution in [3.05, 3.63) is 30.3 Å². The van der Waals surface area contributed by atoms with Crippen LogP contribution in [0.15, 0.2) is 30.3 Å². The van der Waals surface area contributed by atoms with Crippen molar-refractivity contribution in [3.63, 3.8) is 0 Å². The van der Waals surface area contributed by atoms with E-state index >= 15 is 0 Å². The Bertz CT molecular complexity index is 606. The summed E-state index contributed by atoms with van der Waals surface area (Å²) >= 11 is 3.51. The van der Waals surface area contributed by atoms with Gasteiger partial charge in [-0.2, -0.15) is 0 Å². The highest BCUT2D eigenvalue weighted by Gasteiger charge is 2.21. The van der Waals surface area contributed by atoms with Crippen molar-refractivity contribution in [2.75, 3.05) is 11.9 Å². The summed E-state index contributed by atoms with van der Waals surface area (Å²) in [5, 5.41) is 14.6. The van der Waals surface area contributed by atoms with Gasteiger partial charge in [0.1, 0.15) is 5.01 Å². The molecule has 1 aliphatic carbocycles. The van der Waals surface area contributed by atoms with Crippen LogP contribution < -0.4 is 10.0 Å². The standard InChI is InChI=1S/C18H26N4S2/c1-13(2)24-22-16-10-8-14(9-11-16)12-19-18-21-20-17(23-18)15-6-4-3-5-7-15/h3-7,13-14,16,22H,8-12H2,1-2H3,(H,19,21). The maximum absolute atomic E-state index is 4.30. The Morgan fingerprint density at radius 1 is 1.12 bits per heavy atom. The number of benzene rings is 1. The van der Waals surface area contributed by atoms with Crippen molar-refractivity contribution in [3.8, 4) is 10.6 Å². The Morgan fingerprint density at radius 3 is 2.58 bits per heavy atom. The Kier molecular flexibility index (Phi) is 6.51. The highest BCUT2D eigenvalue weighted by Crippen LogP contribution is 2.29. The van der Waals surface area contributed by atoms with E-state index in [0.29, 0.717) is 11.3 Å². The number of nitrogens with zero attached hydrogens (tertiary/aromatic N) is 2. The van der Waals surface area contributed by atoms with E-state index in [1.807, 2.05) is 30.1 Å². The van der Waals surface area contributed by atoms with Crippen LogP contribution >= 0.6 is 23.3 Å². The van der Waals surface area contributed by atoms with Gasteiger partial charge in [0.15, 0.2) is 0 Å². The zero-order chi connectivity index (χ0) is 16.8. The minimum absolute atomic E-state index is 0.653. The van der Waals surface area contributed by atoms with Crippen molar-refractivity contribution in [1.29, 1.82) is 0 Å². The van der Waals surface area contributed by atoms with Crippen molar-refractivity contribution in [2.24, 2.45) is 5.92 Å². The summed E-state index contributed by atoms with van der Waals surface area (Å²) in [4.78, 5) is 0. The summed E-state index contributed by atoms with van der Waals surface area (Å²) in [6.45, 7) is 5.48. The predicted octanol–water partition coefficient (Wildman–Crippen LogP) is 4.82. The van der Waals surface area contributed by atoms with Gasteiger partial charge in [0.05, 0.1) is 0 Å². The summed E-state index contributed by atoms with van der Waals surface area (Å²) in [7, 11) is 0. The zero-order valence-electron chi connectivity index (χ0n) is 14.4. The lowest BCUT2D eigenvalue weighted by Gasteiger charge is -2.29. The van der Waals surface area contributed by atoms with Gasteiger partial charge in [-0.15, -0.1) is 10.2 Å². The van der Waals surface area contributed by atoms with E-state index in [1.54, 1.807) is 11.3 Å². The lowest BCUT2D eigenvalue weighted by molar-refractivity contribution is 0.328. The molecule has 0 spiro atoms. The number of rotatable bonds is 7. The van der Waals surface area contributed by atoms with Crippen LogP contribution in [-0.4, -0.2) is 28.0 Å². The molecule has 1 aromatic heterocycles. The molecule has 130 valence electrons. The van der Waals surface area contributed by atoms with Crippen LogP contribution in [0, 0.1) is 5.92 Å². The highest BCUT2D eigenvalue weighted by molar-refractivity contribution is 7.98. The first-order valence-electron chi connectivity index (χ1n) is 8.74. The summed E-state index contributed by atoms with van der Waals surface area (Å²) in [5.41, 5.74) is 1.14. The van der Waals surface area contributed by atoms with Gasteiger partial charge in [-0.3, -0.25) is 4.72 Å². The number of hydrogen-bond donors (Lipinski definition) is 2. The molecule has 1 aromatic carbocycles. The maximum Gasteiger partial charge on any atom is 0.206 e. The minimum atomic E-state index is 0.653. The van der Waals surface area contributed by atoms with Crippen molar-refractivity contribution in [1.82, 2.24) is 14.9 Å². The molecule has 1 heterocycles. The molecule has 1 saturated carbocycles. The summed E-state index contributed by atoms with van der Waals surface area (Å²) < 4.78 is 3.61. The molecule has 0 aliphatic heterocycles. The van der Waals surface area contributed by atoms with Crippen LogP contribution in [0.5, 0.6) is 0 Å². The smallest absolute Gasteiger partial charge is 0.206 e. The van der Waals surface area contributed by atoms with Crippen molar-refractivity contribution >= 4 is 28.4 Å². The normalized spacial score (nSPS) is 21.1. The van der Waals surface area contributed by atoms with Crippen LogP contribution in [0.4, 0.5) is 5.13 Å². The van der Waals surface area contributed by atoms with Gasteiger partial charge in [-0.25, -0.2) is 0 Å². The molecule has 0 saturated heterocycles. The van der Waals surface area contributed by atoms with Crippen LogP contribution in [0.3, 0.4) is 0 Å². The van der Waals surface area contributed by atoms with Gasteiger partial charge >= 0.3 is 0 Å². The molecule has 1 aliphatic rings. The minimum Gasteiger partial charge on any atom is -0.360 e. The van der Waals surface area contributed by atoms with Crippen LogP contribution in [-0.2, 0) is 0 Å². The SMILES string of the molecule is CC(C)SNC1CCC(CNc2nnc(-c3ccccc3)s2)CC1. The fraction of sp³-hybridized carbons (Fsp3) is 0.556. The fourth-order valence-electron chi connectivity index (χ4n) is 2.94. The van der Waals surface area contributed by atoms with E-state index in [0.717, 1.165) is 28.2 Å². The Balaban J connectivity index is 1.42. The van der Waals surface area contributed by atoms with Gasteiger partial charge in [-0.05, 0) is 31.6 Å². The van der Waals surface area contributed by atoms with Crippen molar-refractivity contribution in [2.45, 2.75) is 50.8 Å². The fourth-order valence-corrected chi connectivity index (χ4v) is 4.40. The third kappa shape index (κ3) is 5.19. The van der Waals surface area contributed by atoms with Gasteiger partial charge in [0, 0.05) is 23.4 Å². The van der Waals surface area contributed by atoms with Gasteiger partial charge in [0.25, 0.3) is 0 Å². The zero-order valence-corrected chi connectivity index (χ0v) is 16.0. The molecule has 4 nitrogen and oxygen atoms in total. The molecule has 2 aromatic rings. The molecule has 0 radical (unpaired) electrons. The van der Waals surface area contributed by atoms with Crippen LogP contribution in [0.2, 0.25) is 0 Å². The lowest BCUT2D eigenvalue weighted by atomic mass is 9.86. The van der Waals surface area contributed by atoms with E-state index in [2.05, 4.69) is 46.2 Å². The maximum atomic E-state index is 4.30. The van der Waals surface area contributed by atoms with E-state index in [-0.39, 0.29) is 0 Å². The van der Waals surface area contributed by atoms with Crippen LogP contribution in [0.1, 0.15) is 39.5 Å². The summed E-state index contributed by atoms with van der Waals surface area (Å²) in [6, 6.07) is 10.9. The Labute approximate surface area is 153 Å². The first-order chi connectivity index (χ1) is 11.7. The largest absolute Gasteiger partial charge is 0.360 e. The number of hydrogen-bond acceptors (Lipinski definition) is 6. The highest BCUT2D eigenvalue weighted by atomic mass is 32.2. The monoisotopic (exact) mass is 362 g/mol. The first-order valence-corrected chi connectivity index (χ1v) is 10.4. The first kappa shape index (κ1) is 17.7. The molecule has 0 amide bonds. The third-order valence-electron chi connectivity index (χ3n) is 4.30. The molecule has 3 rings (SSSR count). The Morgan fingerprint density at radius 2 is 1.88 bits per heavy atom. The van der Waals surface area contributed by atoms with E-state index in [4.69, 9.17) is 0 Å². The topological polar surface area (TPSA) is 49.8 Å². The van der Waals surface area contributed by atoms with Crippen molar-refractivity contribution < 1.29 is 0 Å². The van der Waals surface area contributed by atoms with Gasteiger partial charge in [-0.1, -0.05) is 67.5 Å². The van der Waals surface area contributed by atoms with Gasteiger partial charge in [0.2, 0.25) is 5.13 Å². The molecular weight excluding hydrogens is 336 g/mol. The lowest BCUT2D eigenvalue weighted by Crippen LogP contribution is -2.31. The molecule has 0 unspecified atom stereocenters. The number of anilines is 1. The van der Waals surface area contributed by atoms with Crippen LogP contribution in [0.25, 0.3) is 10.6 Å². The third-order valence-corrected chi connectivity index (χ3v) is 6.18. The average Bonchev–Trinajstić information content (AvgIpc) is 3.09. The second-order valence-corrected chi connectivity index (χ2v) is 9.05. The second kappa shape index (κ2) is 8.83. The molecule has 1 fully saturated rings. The number of aromatic nitrogens is 2. The second-order valence-electron chi connectivity index (χ2n) is 6.66. The molecule has 2 N–H and O–H groups in total. The predicted molar refractivity (Wildman–Crippen MR) is 105 cm³/mol. The summed E-state index contributed by atoms with van der Waals surface area (Å²) in [5.74, 6) is 0.746. The molecular formula is C18H26N4S2. The molecule has 0 bridgehead atoms. The van der Waals surface area contributed by atoms with E-state index in [9.17, 15) is 0 Å². The van der Waals surface area contributed by atoms with E-state index < -0.39 is 0 Å². The Hall–Kier alpha value is -1.11. The molecule has 24 heavy (non-hydrogen) atoms. The van der Waals surface area contributed by atoms with Gasteiger partial charge < -0.3 is 5.32 Å².